The number of likely N-dealkylation sites (N-methyl/N-ethyl adjacent to an activating group) is 1. The van der Waals surface area contributed by atoms with Gasteiger partial charge in [0.25, 0.3) is 0 Å². The van der Waals surface area contributed by atoms with Gasteiger partial charge in [0.1, 0.15) is 23.4 Å². The number of imidazole rings is 1. The molecule has 9 heteroatoms. The van der Waals surface area contributed by atoms with Crippen LogP contribution in [0.3, 0.4) is 0 Å². The van der Waals surface area contributed by atoms with E-state index in [2.05, 4.69) is 0 Å². The van der Waals surface area contributed by atoms with E-state index in [1.54, 1.807) is 26.8 Å². The molecule has 40 heavy (non-hydrogen) atoms. The minimum absolute atomic E-state index is 0.00788. The highest BCUT2D eigenvalue weighted by Crippen LogP contribution is 2.34. The summed E-state index contributed by atoms with van der Waals surface area (Å²) in [5.41, 5.74) is 3.82. The maximum absolute atomic E-state index is 15.7. The number of aryl methyl sites for hydroxylation is 2. The monoisotopic (exact) mass is 550 g/mol. The zero-order valence-corrected chi connectivity index (χ0v) is 24.3. The van der Waals surface area contributed by atoms with Crippen LogP contribution in [0, 0.1) is 25.6 Å². The zero-order valence-electron chi connectivity index (χ0n) is 24.3. The molecule has 0 bridgehead atoms. The summed E-state index contributed by atoms with van der Waals surface area (Å²) in [6.45, 7) is 10.2. The van der Waals surface area contributed by atoms with Gasteiger partial charge >= 0.3 is 6.09 Å². The lowest BCUT2D eigenvalue weighted by Gasteiger charge is -2.27. The van der Waals surface area contributed by atoms with E-state index in [1.165, 1.54) is 11.0 Å². The number of rotatable bonds is 10. The van der Waals surface area contributed by atoms with Gasteiger partial charge in [0.2, 0.25) is 0 Å². The molecule has 8 nitrogen and oxygen atoms in total. The molecule has 0 saturated heterocycles. The fourth-order valence-corrected chi connectivity index (χ4v) is 4.94. The van der Waals surface area contributed by atoms with E-state index in [-0.39, 0.29) is 24.8 Å². The van der Waals surface area contributed by atoms with Crippen molar-refractivity contribution in [2.45, 2.75) is 66.0 Å². The van der Waals surface area contributed by atoms with Crippen molar-refractivity contribution in [1.82, 2.24) is 19.2 Å². The molecule has 1 amide bonds. The van der Waals surface area contributed by atoms with Gasteiger partial charge in [-0.25, -0.2) is 14.2 Å². The van der Waals surface area contributed by atoms with Gasteiger partial charge < -0.3 is 13.9 Å². The van der Waals surface area contributed by atoms with E-state index >= 15 is 4.39 Å². The zero-order chi connectivity index (χ0) is 29.2. The van der Waals surface area contributed by atoms with Crippen LogP contribution < -0.4 is 0 Å². The average Bonchev–Trinajstić information content (AvgIpc) is 3.15. The van der Waals surface area contributed by atoms with E-state index in [0.29, 0.717) is 47.4 Å². The van der Waals surface area contributed by atoms with Crippen LogP contribution in [0.2, 0.25) is 0 Å². The number of ether oxygens (including phenoxy) is 1. The molecule has 1 saturated carbocycles. The number of hydrogen-bond donors (Lipinski definition) is 0. The number of nitrogens with zero attached hydrogens (tertiary/aromatic N) is 4. The average molecular weight is 551 g/mol. The van der Waals surface area contributed by atoms with Crippen molar-refractivity contribution in [2.24, 2.45) is 5.92 Å². The molecular formula is C31H39FN4O4. The number of pyridine rings is 1. The first-order chi connectivity index (χ1) is 18.9. The third-order valence-electron chi connectivity index (χ3n) is 7.28. The lowest BCUT2D eigenvalue weighted by atomic mass is 9.79. The van der Waals surface area contributed by atoms with Crippen molar-refractivity contribution in [3.05, 3.63) is 58.7 Å². The quantitative estimate of drug-likeness (QED) is 0.241. The Morgan fingerprint density at radius 1 is 1.18 bits per heavy atom. The lowest BCUT2D eigenvalue weighted by Crippen LogP contribution is -2.41. The van der Waals surface area contributed by atoms with Crippen molar-refractivity contribution in [1.29, 1.82) is 0 Å². The van der Waals surface area contributed by atoms with Crippen molar-refractivity contribution in [2.75, 3.05) is 26.7 Å². The van der Waals surface area contributed by atoms with Gasteiger partial charge in [0.15, 0.2) is 5.78 Å². The number of benzene rings is 1. The van der Waals surface area contributed by atoms with Gasteiger partial charge in [-0.2, -0.15) is 0 Å². The molecule has 4 rings (SSSR count). The first-order valence-electron chi connectivity index (χ1n) is 13.8. The molecule has 0 radical (unpaired) electrons. The van der Waals surface area contributed by atoms with Crippen molar-refractivity contribution in [3.63, 3.8) is 0 Å². The number of amides is 1. The highest BCUT2D eigenvalue weighted by atomic mass is 19.1. The summed E-state index contributed by atoms with van der Waals surface area (Å²) in [5.74, 6) is -0.462. The lowest BCUT2D eigenvalue weighted by molar-refractivity contribution is -0.109. The Labute approximate surface area is 235 Å². The Balaban J connectivity index is 1.62. The number of carbonyl (C=O) groups excluding carboxylic acids is 3. The normalized spacial score (nSPS) is 13.9. The van der Waals surface area contributed by atoms with Crippen molar-refractivity contribution in [3.8, 4) is 11.3 Å². The fourth-order valence-electron chi connectivity index (χ4n) is 4.94. The summed E-state index contributed by atoms with van der Waals surface area (Å²) in [6.07, 6.45) is 4.82. The summed E-state index contributed by atoms with van der Waals surface area (Å²) >= 11 is 0. The maximum Gasteiger partial charge on any atom is 0.410 e. The molecular weight excluding hydrogens is 511 g/mol. The Bertz CT molecular complexity index is 1400. The second kappa shape index (κ2) is 11.9. The fraction of sp³-hybridized carbons (Fsp3) is 0.484. The van der Waals surface area contributed by atoms with Crippen molar-refractivity contribution >= 4 is 23.8 Å². The Morgan fingerprint density at radius 3 is 2.50 bits per heavy atom. The highest BCUT2D eigenvalue weighted by molar-refractivity contribution is 5.99. The maximum atomic E-state index is 15.7. The van der Waals surface area contributed by atoms with Crippen LogP contribution in [0.4, 0.5) is 9.18 Å². The minimum atomic E-state index is -0.673. The van der Waals surface area contributed by atoms with Gasteiger partial charge in [-0.1, -0.05) is 6.42 Å². The first-order valence-corrected chi connectivity index (χ1v) is 13.8. The second-order valence-corrected chi connectivity index (χ2v) is 11.8. The molecule has 0 N–H and O–H groups in total. The number of ketones is 1. The molecule has 0 unspecified atom stereocenters. The SMILES string of the molecule is Cc1ccn2c(CN(C)CCN(CC=O)C(=O)OC(C)(C)C)c(-c3c(C)cc(C(=O)C4CCC4)cc3F)nc2c1. The molecule has 0 atom stereocenters. The molecule has 2 aromatic heterocycles. The largest absolute Gasteiger partial charge is 0.444 e. The molecule has 2 heterocycles. The molecule has 1 aromatic carbocycles. The number of aromatic nitrogens is 2. The van der Waals surface area contributed by atoms with Gasteiger partial charge in [-0.15, -0.1) is 0 Å². The minimum Gasteiger partial charge on any atom is -0.444 e. The van der Waals surface area contributed by atoms with Crippen LogP contribution >= 0.6 is 0 Å². The summed E-state index contributed by atoms with van der Waals surface area (Å²) in [5, 5.41) is 0. The van der Waals surface area contributed by atoms with Crippen LogP contribution in [-0.2, 0) is 16.1 Å². The summed E-state index contributed by atoms with van der Waals surface area (Å²) < 4.78 is 23.1. The second-order valence-electron chi connectivity index (χ2n) is 11.8. The molecule has 1 aliphatic carbocycles. The molecule has 3 aromatic rings. The van der Waals surface area contributed by atoms with E-state index in [1.807, 2.05) is 48.5 Å². The van der Waals surface area contributed by atoms with Gasteiger partial charge in [-0.3, -0.25) is 14.6 Å². The summed E-state index contributed by atoms with van der Waals surface area (Å²) in [6, 6.07) is 7.05. The molecule has 214 valence electrons. The summed E-state index contributed by atoms with van der Waals surface area (Å²) in [7, 11) is 1.90. The predicted octanol–water partition coefficient (Wildman–Crippen LogP) is 5.61. The van der Waals surface area contributed by atoms with Crippen molar-refractivity contribution < 1.29 is 23.5 Å². The number of carbonyl (C=O) groups is 3. The molecule has 1 fully saturated rings. The first kappa shape index (κ1) is 29.4. The number of aldehydes is 1. The molecule has 0 aliphatic heterocycles. The Kier molecular flexibility index (Phi) is 8.73. The Morgan fingerprint density at radius 2 is 1.90 bits per heavy atom. The predicted molar refractivity (Wildman–Crippen MR) is 152 cm³/mol. The van der Waals surface area contributed by atoms with Crippen LogP contribution in [-0.4, -0.2) is 69.6 Å². The number of halogens is 1. The van der Waals surface area contributed by atoms with Gasteiger partial charge in [-0.05, 0) is 89.9 Å². The summed E-state index contributed by atoms with van der Waals surface area (Å²) in [4.78, 5) is 44.8. The third-order valence-corrected chi connectivity index (χ3v) is 7.28. The van der Waals surface area contributed by atoms with Gasteiger partial charge in [0, 0.05) is 42.9 Å². The third kappa shape index (κ3) is 6.58. The van der Waals surface area contributed by atoms with E-state index in [4.69, 9.17) is 9.72 Å². The molecule has 1 aliphatic rings. The van der Waals surface area contributed by atoms with Gasteiger partial charge in [0.05, 0.1) is 17.9 Å². The van der Waals surface area contributed by atoms with E-state index < -0.39 is 17.5 Å². The standard InChI is InChI=1S/C31H39FN4O4/c1-20-10-11-36-25(19-34(6)12-13-35(14-15-37)30(39)40-31(3,4)5)28(33-26(36)16-20)27-21(2)17-23(18-24(27)32)29(38)22-8-7-9-22/h10-11,15-18,22H,7-9,12-14,19H2,1-6H3. The molecule has 0 spiro atoms. The van der Waals surface area contributed by atoms with E-state index in [9.17, 15) is 14.4 Å². The smallest absolute Gasteiger partial charge is 0.410 e. The van der Waals surface area contributed by atoms with Crippen LogP contribution in [0.15, 0.2) is 30.5 Å². The van der Waals surface area contributed by atoms with Crippen LogP contribution in [0.5, 0.6) is 0 Å². The topological polar surface area (TPSA) is 84.2 Å². The number of Topliss-reactive ketones (excluding diaryl/α,β-unsaturated/α-hetero) is 1. The highest BCUT2D eigenvalue weighted by Gasteiger charge is 2.28. The van der Waals surface area contributed by atoms with E-state index in [0.717, 1.165) is 30.5 Å². The van der Waals surface area contributed by atoms with Crippen LogP contribution in [0.25, 0.3) is 16.9 Å². The number of fused-ring (bicyclic) bond motifs is 1. The Hall–Kier alpha value is -3.59. The van der Waals surface area contributed by atoms with Crippen LogP contribution in [0.1, 0.15) is 67.2 Å². The number of hydrogen-bond acceptors (Lipinski definition) is 6.